The lowest BCUT2D eigenvalue weighted by molar-refractivity contribution is -0.132. The van der Waals surface area contributed by atoms with Crippen LogP contribution in [0.25, 0.3) is 11.4 Å². The van der Waals surface area contributed by atoms with Crippen molar-refractivity contribution >= 4 is 5.91 Å². The van der Waals surface area contributed by atoms with Gasteiger partial charge in [0.25, 0.3) is 0 Å². The molecule has 1 aliphatic heterocycles. The zero-order valence-corrected chi connectivity index (χ0v) is 15.5. The van der Waals surface area contributed by atoms with Crippen LogP contribution in [0.1, 0.15) is 25.7 Å². The maximum atomic E-state index is 12.3. The van der Waals surface area contributed by atoms with Gasteiger partial charge >= 0.3 is 0 Å². The van der Waals surface area contributed by atoms with Gasteiger partial charge in [0.05, 0.1) is 12.2 Å². The molecule has 3 rings (SSSR count). The van der Waals surface area contributed by atoms with Crippen LogP contribution in [0.2, 0.25) is 0 Å². The zero-order valence-electron chi connectivity index (χ0n) is 15.5. The Bertz CT molecular complexity index is 723. The van der Waals surface area contributed by atoms with Crippen molar-refractivity contribution in [2.75, 3.05) is 39.8 Å². The molecular weight excluding hydrogens is 332 g/mol. The predicted molar refractivity (Wildman–Crippen MR) is 97.9 cm³/mol. The predicted octanol–water partition coefficient (Wildman–Crippen LogP) is 2.23. The van der Waals surface area contributed by atoms with Crippen molar-refractivity contribution in [1.29, 1.82) is 0 Å². The number of para-hydroxylation sites is 1. The standard InChI is InChI=1S/C19H26N4O3/c1-3-25-16-8-5-4-7-15(16)19-20-17(26-21-19)9-6-10-18(24)23-13-11-22(2)12-14-23/h4-5,7-8H,3,6,9-14H2,1-2H3. The first-order valence-electron chi connectivity index (χ1n) is 9.18. The second-order valence-corrected chi connectivity index (χ2v) is 6.48. The quantitative estimate of drug-likeness (QED) is 0.756. The Kier molecular flexibility index (Phi) is 6.22. The number of aromatic nitrogens is 2. The summed E-state index contributed by atoms with van der Waals surface area (Å²) >= 11 is 0. The first kappa shape index (κ1) is 18.4. The largest absolute Gasteiger partial charge is 0.493 e. The molecule has 2 heterocycles. The van der Waals surface area contributed by atoms with Crippen LogP contribution in [0.4, 0.5) is 0 Å². The van der Waals surface area contributed by atoms with E-state index >= 15 is 0 Å². The number of amides is 1. The lowest BCUT2D eigenvalue weighted by atomic mass is 10.2. The van der Waals surface area contributed by atoms with E-state index in [0.717, 1.165) is 37.5 Å². The minimum Gasteiger partial charge on any atom is -0.493 e. The van der Waals surface area contributed by atoms with Crippen LogP contribution in [-0.4, -0.2) is 65.7 Å². The van der Waals surface area contributed by atoms with Crippen molar-refractivity contribution in [3.63, 3.8) is 0 Å². The first-order chi connectivity index (χ1) is 12.7. The van der Waals surface area contributed by atoms with E-state index in [-0.39, 0.29) is 5.91 Å². The molecular formula is C19H26N4O3. The van der Waals surface area contributed by atoms with Crippen LogP contribution in [-0.2, 0) is 11.2 Å². The number of likely N-dealkylation sites (N-methyl/N-ethyl adjacent to an activating group) is 1. The Morgan fingerprint density at radius 3 is 2.77 bits per heavy atom. The summed E-state index contributed by atoms with van der Waals surface area (Å²) in [5.41, 5.74) is 0.817. The molecule has 1 aromatic carbocycles. The molecule has 1 aromatic heterocycles. The number of ether oxygens (including phenoxy) is 1. The van der Waals surface area contributed by atoms with Gasteiger partial charge in [0.15, 0.2) is 0 Å². The summed E-state index contributed by atoms with van der Waals surface area (Å²) in [5.74, 6) is 2.03. The van der Waals surface area contributed by atoms with E-state index in [1.54, 1.807) is 0 Å². The van der Waals surface area contributed by atoms with Crippen LogP contribution in [0.15, 0.2) is 28.8 Å². The smallest absolute Gasteiger partial charge is 0.226 e. The number of carbonyl (C=O) groups is 1. The third-order valence-corrected chi connectivity index (χ3v) is 4.53. The number of aryl methyl sites for hydroxylation is 1. The fourth-order valence-corrected chi connectivity index (χ4v) is 3.00. The molecule has 0 N–H and O–H groups in total. The second kappa shape index (κ2) is 8.80. The molecule has 0 saturated carbocycles. The number of carbonyl (C=O) groups excluding carboxylic acids is 1. The maximum absolute atomic E-state index is 12.3. The van der Waals surface area contributed by atoms with Gasteiger partial charge in [-0.1, -0.05) is 17.3 Å². The van der Waals surface area contributed by atoms with Crippen molar-refractivity contribution in [3.8, 4) is 17.1 Å². The van der Waals surface area contributed by atoms with Crippen LogP contribution < -0.4 is 4.74 Å². The van der Waals surface area contributed by atoms with E-state index in [0.29, 0.717) is 37.6 Å². The van der Waals surface area contributed by atoms with E-state index < -0.39 is 0 Å². The SMILES string of the molecule is CCOc1ccccc1-c1noc(CCCC(=O)N2CCN(C)CC2)n1. The topological polar surface area (TPSA) is 71.7 Å². The van der Waals surface area contributed by atoms with Gasteiger partial charge in [-0.05, 0) is 32.5 Å². The van der Waals surface area contributed by atoms with Crippen molar-refractivity contribution in [2.45, 2.75) is 26.2 Å². The fourth-order valence-electron chi connectivity index (χ4n) is 3.00. The number of benzene rings is 1. The Hall–Kier alpha value is -2.41. The average molecular weight is 358 g/mol. The minimum atomic E-state index is 0.208. The number of nitrogens with zero attached hydrogens (tertiary/aromatic N) is 4. The number of hydrogen-bond acceptors (Lipinski definition) is 6. The highest BCUT2D eigenvalue weighted by molar-refractivity contribution is 5.76. The molecule has 0 bridgehead atoms. The normalized spacial score (nSPS) is 15.2. The molecule has 1 saturated heterocycles. The molecule has 1 aliphatic rings. The number of rotatable bonds is 7. The molecule has 7 heteroatoms. The molecule has 7 nitrogen and oxygen atoms in total. The van der Waals surface area contributed by atoms with Crippen LogP contribution >= 0.6 is 0 Å². The Balaban J connectivity index is 1.52. The molecule has 2 aromatic rings. The third kappa shape index (κ3) is 4.60. The van der Waals surface area contributed by atoms with Crippen LogP contribution in [0.3, 0.4) is 0 Å². The van der Waals surface area contributed by atoms with Crippen LogP contribution in [0, 0.1) is 0 Å². The summed E-state index contributed by atoms with van der Waals surface area (Å²) in [6.07, 6.45) is 1.82. The summed E-state index contributed by atoms with van der Waals surface area (Å²) in [5, 5.41) is 4.06. The van der Waals surface area contributed by atoms with E-state index in [9.17, 15) is 4.79 Å². The van der Waals surface area contributed by atoms with Crippen LogP contribution in [0.5, 0.6) is 5.75 Å². The summed E-state index contributed by atoms with van der Waals surface area (Å²) in [7, 11) is 2.08. The van der Waals surface area contributed by atoms with Crippen molar-refractivity contribution < 1.29 is 14.1 Å². The molecule has 0 atom stereocenters. The lowest BCUT2D eigenvalue weighted by Gasteiger charge is -2.32. The highest BCUT2D eigenvalue weighted by Crippen LogP contribution is 2.27. The monoisotopic (exact) mass is 358 g/mol. The number of hydrogen-bond donors (Lipinski definition) is 0. The summed E-state index contributed by atoms with van der Waals surface area (Å²) in [4.78, 5) is 20.9. The summed E-state index contributed by atoms with van der Waals surface area (Å²) in [6, 6.07) is 7.64. The molecule has 0 spiro atoms. The Morgan fingerprint density at radius 1 is 1.23 bits per heavy atom. The Morgan fingerprint density at radius 2 is 2.00 bits per heavy atom. The molecule has 26 heavy (non-hydrogen) atoms. The molecule has 0 unspecified atom stereocenters. The van der Waals surface area contributed by atoms with Crippen molar-refractivity contribution in [1.82, 2.24) is 19.9 Å². The van der Waals surface area contributed by atoms with E-state index in [2.05, 4.69) is 22.1 Å². The van der Waals surface area contributed by atoms with Gasteiger partial charge in [-0.25, -0.2) is 0 Å². The van der Waals surface area contributed by atoms with Gasteiger partial charge < -0.3 is 19.1 Å². The van der Waals surface area contributed by atoms with E-state index in [1.807, 2.05) is 36.1 Å². The van der Waals surface area contributed by atoms with Gasteiger partial charge in [0.1, 0.15) is 5.75 Å². The molecule has 1 fully saturated rings. The highest BCUT2D eigenvalue weighted by Gasteiger charge is 2.19. The van der Waals surface area contributed by atoms with Crippen molar-refractivity contribution in [3.05, 3.63) is 30.2 Å². The van der Waals surface area contributed by atoms with Crippen molar-refractivity contribution in [2.24, 2.45) is 0 Å². The molecule has 0 aliphatic carbocycles. The molecule has 140 valence electrons. The summed E-state index contributed by atoms with van der Waals surface area (Å²) in [6.45, 7) is 6.03. The van der Waals surface area contributed by atoms with Gasteiger partial charge in [0.2, 0.25) is 17.6 Å². The maximum Gasteiger partial charge on any atom is 0.226 e. The molecule has 1 amide bonds. The minimum absolute atomic E-state index is 0.208. The first-order valence-corrected chi connectivity index (χ1v) is 9.18. The molecule has 0 radical (unpaired) electrons. The summed E-state index contributed by atoms with van der Waals surface area (Å²) < 4.78 is 11.0. The fraction of sp³-hybridized carbons (Fsp3) is 0.526. The van der Waals surface area contributed by atoms with E-state index in [4.69, 9.17) is 9.26 Å². The van der Waals surface area contributed by atoms with Gasteiger partial charge in [-0.15, -0.1) is 0 Å². The second-order valence-electron chi connectivity index (χ2n) is 6.48. The van der Waals surface area contributed by atoms with Gasteiger partial charge in [-0.3, -0.25) is 4.79 Å². The Labute approximate surface area is 153 Å². The van der Waals surface area contributed by atoms with Gasteiger partial charge in [-0.2, -0.15) is 4.98 Å². The lowest BCUT2D eigenvalue weighted by Crippen LogP contribution is -2.47. The zero-order chi connectivity index (χ0) is 18.4. The highest BCUT2D eigenvalue weighted by atomic mass is 16.5. The third-order valence-electron chi connectivity index (χ3n) is 4.53. The van der Waals surface area contributed by atoms with E-state index in [1.165, 1.54) is 0 Å². The number of piperazine rings is 1. The van der Waals surface area contributed by atoms with Gasteiger partial charge in [0, 0.05) is 39.0 Å². The average Bonchev–Trinajstić information content (AvgIpc) is 3.11.